The highest BCUT2D eigenvalue weighted by molar-refractivity contribution is 8.01. The molecule has 2 N–H and O–H groups in total. The Labute approximate surface area is 121 Å². The first-order chi connectivity index (χ1) is 9.10. The van der Waals surface area contributed by atoms with Crippen molar-refractivity contribution in [3.8, 4) is 0 Å². The van der Waals surface area contributed by atoms with Crippen LogP contribution in [0.25, 0.3) is 0 Å². The van der Waals surface area contributed by atoms with E-state index in [-0.39, 0.29) is 17.2 Å². The van der Waals surface area contributed by atoms with Gasteiger partial charge >= 0.3 is 0 Å². The topological polar surface area (TPSA) is 63.4 Å². The van der Waals surface area contributed by atoms with Crippen LogP contribution in [0.3, 0.4) is 0 Å². The summed E-state index contributed by atoms with van der Waals surface area (Å²) >= 11 is 1.76. The minimum Gasteiger partial charge on any atom is -0.329 e. The van der Waals surface area contributed by atoms with Crippen molar-refractivity contribution in [2.75, 3.05) is 30.3 Å². The molecule has 1 saturated heterocycles. The van der Waals surface area contributed by atoms with Crippen LogP contribution in [-0.4, -0.2) is 55.1 Å². The van der Waals surface area contributed by atoms with Crippen LogP contribution in [0.4, 0.5) is 0 Å². The highest BCUT2D eigenvalue weighted by Crippen LogP contribution is 2.33. The fourth-order valence-corrected chi connectivity index (χ4v) is 6.49. The molecule has 2 fully saturated rings. The quantitative estimate of drug-likeness (QED) is 0.830. The molecule has 112 valence electrons. The maximum absolute atomic E-state index is 12.3. The molecule has 0 aromatic rings. The second kappa shape index (κ2) is 6.78. The molecule has 4 nitrogen and oxygen atoms in total. The van der Waals surface area contributed by atoms with Crippen molar-refractivity contribution in [2.24, 2.45) is 11.7 Å². The van der Waals surface area contributed by atoms with E-state index in [2.05, 4.69) is 4.90 Å². The Morgan fingerprint density at radius 2 is 2.05 bits per heavy atom. The van der Waals surface area contributed by atoms with E-state index in [1.165, 1.54) is 25.7 Å². The molecule has 1 heterocycles. The summed E-state index contributed by atoms with van der Waals surface area (Å²) in [5, 5.41) is -0.314. The van der Waals surface area contributed by atoms with Gasteiger partial charge in [-0.2, -0.15) is 11.8 Å². The van der Waals surface area contributed by atoms with Crippen LogP contribution in [-0.2, 0) is 9.84 Å². The number of thioether (sulfide) groups is 1. The number of sulfone groups is 1. The minimum atomic E-state index is -3.01. The van der Waals surface area contributed by atoms with Crippen molar-refractivity contribution < 1.29 is 8.42 Å². The van der Waals surface area contributed by atoms with Crippen LogP contribution in [0.15, 0.2) is 0 Å². The van der Waals surface area contributed by atoms with Crippen LogP contribution in [0.1, 0.15) is 32.6 Å². The summed E-state index contributed by atoms with van der Waals surface area (Å²) in [6.45, 7) is 3.21. The predicted molar refractivity (Wildman–Crippen MR) is 82.1 cm³/mol. The number of hydrogen-bond acceptors (Lipinski definition) is 5. The standard InChI is InChI=1S/C13H26N2O2S2/c1-2-19(16,17)13-10-18-8-7-15(13)12(9-14)11-5-3-4-6-11/h11-13H,2-10,14H2,1H3. The molecule has 1 aliphatic heterocycles. The van der Waals surface area contributed by atoms with Crippen molar-refractivity contribution in [3.63, 3.8) is 0 Å². The molecule has 2 unspecified atom stereocenters. The van der Waals surface area contributed by atoms with Gasteiger partial charge in [-0.3, -0.25) is 4.90 Å². The summed E-state index contributed by atoms with van der Waals surface area (Å²) in [5.41, 5.74) is 5.99. The minimum absolute atomic E-state index is 0.233. The Balaban J connectivity index is 2.17. The van der Waals surface area contributed by atoms with Crippen molar-refractivity contribution in [1.82, 2.24) is 4.90 Å². The molecular formula is C13H26N2O2S2. The number of rotatable bonds is 5. The van der Waals surface area contributed by atoms with Crippen molar-refractivity contribution in [3.05, 3.63) is 0 Å². The van der Waals surface area contributed by atoms with Gasteiger partial charge in [-0.25, -0.2) is 8.42 Å². The monoisotopic (exact) mass is 306 g/mol. The summed E-state index contributed by atoms with van der Waals surface area (Å²) in [6.07, 6.45) is 4.97. The molecule has 0 aromatic carbocycles. The number of nitrogens with zero attached hydrogens (tertiary/aromatic N) is 1. The predicted octanol–water partition coefficient (Wildman–Crippen LogP) is 1.31. The lowest BCUT2D eigenvalue weighted by molar-refractivity contribution is 0.143. The zero-order valence-electron chi connectivity index (χ0n) is 11.8. The van der Waals surface area contributed by atoms with E-state index in [1.54, 1.807) is 18.7 Å². The molecule has 2 aliphatic rings. The molecule has 1 saturated carbocycles. The first kappa shape index (κ1) is 15.6. The molecule has 0 radical (unpaired) electrons. The maximum atomic E-state index is 12.3. The van der Waals surface area contributed by atoms with E-state index in [0.29, 0.717) is 18.2 Å². The molecule has 0 spiro atoms. The average molecular weight is 306 g/mol. The smallest absolute Gasteiger partial charge is 0.166 e. The zero-order valence-corrected chi connectivity index (χ0v) is 13.4. The summed E-state index contributed by atoms with van der Waals surface area (Å²) in [6, 6.07) is 0.259. The third-order valence-electron chi connectivity index (χ3n) is 4.55. The molecule has 0 aromatic heterocycles. The molecule has 2 rings (SSSR count). The van der Waals surface area contributed by atoms with Crippen molar-refractivity contribution >= 4 is 21.6 Å². The lowest BCUT2D eigenvalue weighted by Gasteiger charge is -2.42. The molecule has 0 amide bonds. The van der Waals surface area contributed by atoms with Crippen LogP contribution in [0.2, 0.25) is 0 Å². The molecule has 1 aliphatic carbocycles. The van der Waals surface area contributed by atoms with E-state index >= 15 is 0 Å². The average Bonchev–Trinajstić information content (AvgIpc) is 2.94. The van der Waals surface area contributed by atoms with Gasteiger partial charge in [-0.1, -0.05) is 19.8 Å². The van der Waals surface area contributed by atoms with Crippen LogP contribution in [0, 0.1) is 5.92 Å². The second-order valence-electron chi connectivity index (χ2n) is 5.57. The third-order valence-corrected chi connectivity index (χ3v) is 7.86. The van der Waals surface area contributed by atoms with Gasteiger partial charge in [0.05, 0.1) is 0 Å². The Morgan fingerprint density at radius 3 is 2.63 bits per heavy atom. The van der Waals surface area contributed by atoms with Crippen LogP contribution >= 0.6 is 11.8 Å². The highest BCUT2D eigenvalue weighted by atomic mass is 32.2. The summed E-state index contributed by atoms with van der Waals surface area (Å²) in [5.74, 6) is 2.57. The Hall–Kier alpha value is 0.220. The van der Waals surface area contributed by atoms with Crippen LogP contribution < -0.4 is 5.73 Å². The molecular weight excluding hydrogens is 280 g/mol. The normalized spacial score (nSPS) is 28.6. The molecule has 19 heavy (non-hydrogen) atoms. The maximum Gasteiger partial charge on any atom is 0.166 e. The summed E-state index contributed by atoms with van der Waals surface area (Å²) < 4.78 is 24.6. The van der Waals surface area contributed by atoms with Gasteiger partial charge in [-0.15, -0.1) is 0 Å². The van der Waals surface area contributed by atoms with Crippen molar-refractivity contribution in [1.29, 1.82) is 0 Å². The summed E-state index contributed by atoms with van der Waals surface area (Å²) in [7, 11) is -3.01. The van der Waals surface area contributed by atoms with Gasteiger partial charge in [0.2, 0.25) is 0 Å². The largest absolute Gasteiger partial charge is 0.329 e. The lowest BCUT2D eigenvalue weighted by atomic mass is 9.96. The van der Waals surface area contributed by atoms with E-state index < -0.39 is 9.84 Å². The number of hydrogen-bond donors (Lipinski definition) is 1. The molecule has 0 bridgehead atoms. The highest BCUT2D eigenvalue weighted by Gasteiger charge is 2.39. The van der Waals surface area contributed by atoms with Gasteiger partial charge in [-0.05, 0) is 18.8 Å². The fraction of sp³-hybridized carbons (Fsp3) is 1.00. The Kier molecular flexibility index (Phi) is 5.57. The van der Waals surface area contributed by atoms with Crippen molar-refractivity contribution in [2.45, 2.75) is 44.0 Å². The van der Waals surface area contributed by atoms with Gasteiger partial charge < -0.3 is 5.73 Å². The zero-order chi connectivity index (χ0) is 13.9. The van der Waals surface area contributed by atoms with E-state index in [9.17, 15) is 8.42 Å². The SMILES string of the molecule is CCS(=O)(=O)C1CSCCN1C(CN)C1CCCC1. The van der Waals surface area contributed by atoms with Gasteiger partial charge in [0.1, 0.15) is 5.37 Å². The first-order valence-corrected chi connectivity index (χ1v) is 10.2. The molecule has 2 atom stereocenters. The number of nitrogens with two attached hydrogens (primary N) is 1. The van der Waals surface area contributed by atoms with E-state index in [4.69, 9.17) is 5.73 Å². The van der Waals surface area contributed by atoms with Gasteiger partial charge in [0.25, 0.3) is 0 Å². The fourth-order valence-electron chi connectivity index (χ4n) is 3.42. The Morgan fingerprint density at radius 1 is 1.37 bits per heavy atom. The van der Waals surface area contributed by atoms with Crippen LogP contribution in [0.5, 0.6) is 0 Å². The lowest BCUT2D eigenvalue weighted by Crippen LogP contribution is -2.56. The van der Waals surface area contributed by atoms with E-state index in [0.717, 1.165) is 12.3 Å². The van der Waals surface area contributed by atoms with Gasteiger partial charge in [0, 0.05) is 36.4 Å². The third kappa shape index (κ3) is 3.46. The summed E-state index contributed by atoms with van der Waals surface area (Å²) in [4.78, 5) is 2.21. The second-order valence-corrected chi connectivity index (χ2v) is 9.16. The van der Waals surface area contributed by atoms with Gasteiger partial charge in [0.15, 0.2) is 9.84 Å². The molecule has 6 heteroatoms. The Bertz CT molecular complexity index is 380. The van der Waals surface area contributed by atoms with E-state index in [1.807, 2.05) is 0 Å². The first-order valence-electron chi connectivity index (χ1n) is 7.35.